The number of nitrogens with one attached hydrogen (secondary N) is 1. The number of rotatable bonds is 5. The number of nitrogens with zero attached hydrogens (tertiary/aromatic N) is 4. The van der Waals surface area contributed by atoms with Gasteiger partial charge in [-0.25, -0.2) is 8.42 Å². The van der Waals surface area contributed by atoms with Gasteiger partial charge in [0.2, 0.25) is 5.95 Å². The van der Waals surface area contributed by atoms with Crippen molar-refractivity contribution in [2.45, 2.75) is 11.4 Å². The summed E-state index contributed by atoms with van der Waals surface area (Å²) in [6.07, 6.45) is 1.19. The van der Waals surface area contributed by atoms with Crippen LogP contribution in [-0.4, -0.2) is 34.9 Å². The van der Waals surface area contributed by atoms with Crippen LogP contribution in [0.1, 0.15) is 5.56 Å². The lowest BCUT2D eigenvalue weighted by atomic mass is 10.2. The van der Waals surface area contributed by atoms with Crippen LogP contribution < -0.4 is 5.32 Å². The fourth-order valence-electron chi connectivity index (χ4n) is 2.08. The van der Waals surface area contributed by atoms with Crippen molar-refractivity contribution >= 4 is 15.8 Å². The maximum absolute atomic E-state index is 11.4. The quantitative estimate of drug-likeness (QED) is 0.766. The lowest BCUT2D eigenvalue weighted by molar-refractivity contribution is 0.602. The molecule has 0 radical (unpaired) electrons. The van der Waals surface area contributed by atoms with Gasteiger partial charge in [-0.2, -0.15) is 4.68 Å². The van der Waals surface area contributed by atoms with Crippen molar-refractivity contribution in [1.29, 1.82) is 0 Å². The Morgan fingerprint density at radius 3 is 2.39 bits per heavy atom. The molecule has 3 rings (SSSR count). The van der Waals surface area contributed by atoms with Crippen LogP contribution in [0, 0.1) is 0 Å². The third-order valence-corrected chi connectivity index (χ3v) is 4.40. The molecule has 0 aliphatic carbocycles. The maximum Gasteiger partial charge on any atom is 0.248 e. The summed E-state index contributed by atoms with van der Waals surface area (Å²) in [6.45, 7) is 0.483. The van der Waals surface area contributed by atoms with Gasteiger partial charge < -0.3 is 5.32 Å². The number of hydrogen-bond donors (Lipinski definition) is 1. The molecule has 0 amide bonds. The molecule has 1 N–H and O–H groups in total. The average molecular weight is 329 g/mol. The summed E-state index contributed by atoms with van der Waals surface area (Å²) in [7, 11) is -3.18. The van der Waals surface area contributed by atoms with E-state index >= 15 is 0 Å². The number of sulfone groups is 1. The molecule has 0 spiro atoms. The van der Waals surface area contributed by atoms with E-state index in [0.717, 1.165) is 11.3 Å². The molecule has 8 heteroatoms. The van der Waals surface area contributed by atoms with E-state index in [1.807, 2.05) is 30.3 Å². The lowest BCUT2D eigenvalue weighted by Crippen LogP contribution is -2.07. The van der Waals surface area contributed by atoms with Crippen LogP contribution in [0.15, 0.2) is 59.5 Å². The normalized spacial score (nSPS) is 11.3. The standard InChI is InChI=1S/C15H15N5O2S/c1-23(21,22)14-9-7-12(8-10-14)11-16-15-17-18-19-20(15)13-5-3-2-4-6-13/h2-10H,11H2,1H3,(H,16,17,19). The Kier molecular flexibility index (Phi) is 4.07. The summed E-state index contributed by atoms with van der Waals surface area (Å²) in [5.74, 6) is 0.517. The molecule has 3 aromatic rings. The summed E-state index contributed by atoms with van der Waals surface area (Å²) < 4.78 is 24.5. The van der Waals surface area contributed by atoms with Gasteiger partial charge in [0.05, 0.1) is 10.6 Å². The minimum Gasteiger partial charge on any atom is -0.349 e. The molecule has 0 saturated carbocycles. The van der Waals surface area contributed by atoms with Crippen molar-refractivity contribution in [3.63, 3.8) is 0 Å². The zero-order valence-corrected chi connectivity index (χ0v) is 13.2. The zero-order chi connectivity index (χ0) is 16.3. The highest BCUT2D eigenvalue weighted by Gasteiger charge is 2.09. The highest BCUT2D eigenvalue weighted by atomic mass is 32.2. The molecule has 23 heavy (non-hydrogen) atoms. The van der Waals surface area contributed by atoms with E-state index in [2.05, 4.69) is 20.8 Å². The van der Waals surface area contributed by atoms with Crippen molar-refractivity contribution in [3.05, 3.63) is 60.2 Å². The van der Waals surface area contributed by atoms with Gasteiger partial charge in [-0.15, -0.1) is 0 Å². The molecule has 2 aromatic carbocycles. The topological polar surface area (TPSA) is 89.8 Å². The Balaban J connectivity index is 1.74. The number of aromatic nitrogens is 4. The summed E-state index contributed by atoms with van der Waals surface area (Å²) in [6, 6.07) is 16.3. The van der Waals surface area contributed by atoms with E-state index < -0.39 is 9.84 Å². The van der Waals surface area contributed by atoms with E-state index in [1.165, 1.54) is 6.26 Å². The Bertz CT molecular complexity index is 889. The number of benzene rings is 2. The third kappa shape index (κ3) is 3.54. The first-order valence-corrected chi connectivity index (χ1v) is 8.80. The van der Waals surface area contributed by atoms with Gasteiger partial charge >= 0.3 is 0 Å². The number of para-hydroxylation sites is 1. The van der Waals surface area contributed by atoms with Crippen molar-refractivity contribution in [1.82, 2.24) is 20.2 Å². The molecule has 0 unspecified atom stereocenters. The fourth-order valence-corrected chi connectivity index (χ4v) is 2.71. The first kappa shape index (κ1) is 15.2. The third-order valence-electron chi connectivity index (χ3n) is 3.27. The van der Waals surface area contributed by atoms with E-state index in [1.54, 1.807) is 28.9 Å². The SMILES string of the molecule is CS(=O)(=O)c1ccc(CNc2nnnn2-c2ccccc2)cc1. The first-order chi connectivity index (χ1) is 11.0. The van der Waals surface area contributed by atoms with E-state index in [-0.39, 0.29) is 0 Å². The molecule has 0 fully saturated rings. The smallest absolute Gasteiger partial charge is 0.248 e. The van der Waals surface area contributed by atoms with Crippen molar-refractivity contribution < 1.29 is 8.42 Å². The number of hydrogen-bond acceptors (Lipinski definition) is 6. The summed E-state index contributed by atoms with van der Waals surface area (Å²) >= 11 is 0. The largest absolute Gasteiger partial charge is 0.349 e. The van der Waals surface area contributed by atoms with Gasteiger partial charge in [-0.05, 0) is 40.3 Å². The Labute approximate surface area is 133 Å². The lowest BCUT2D eigenvalue weighted by Gasteiger charge is -2.07. The maximum atomic E-state index is 11.4. The van der Waals surface area contributed by atoms with Crippen molar-refractivity contribution in [2.24, 2.45) is 0 Å². The summed E-state index contributed by atoms with van der Waals surface area (Å²) in [4.78, 5) is 0.301. The molecule has 1 aromatic heterocycles. The molecular formula is C15H15N5O2S. The van der Waals surface area contributed by atoms with Crippen LogP contribution in [0.5, 0.6) is 0 Å². The molecule has 0 bridgehead atoms. The Morgan fingerprint density at radius 1 is 1.04 bits per heavy atom. The van der Waals surface area contributed by atoms with Crippen LogP contribution in [-0.2, 0) is 16.4 Å². The van der Waals surface area contributed by atoms with Gasteiger partial charge in [0, 0.05) is 12.8 Å². The van der Waals surface area contributed by atoms with E-state index in [9.17, 15) is 8.42 Å². The van der Waals surface area contributed by atoms with Crippen LogP contribution >= 0.6 is 0 Å². The second-order valence-corrected chi connectivity index (χ2v) is 7.04. The van der Waals surface area contributed by atoms with Crippen LogP contribution in [0.4, 0.5) is 5.95 Å². The minimum absolute atomic E-state index is 0.301. The van der Waals surface area contributed by atoms with Gasteiger partial charge in [-0.1, -0.05) is 35.4 Å². The van der Waals surface area contributed by atoms with Gasteiger partial charge in [0.1, 0.15) is 0 Å². The average Bonchev–Trinajstić information content (AvgIpc) is 3.02. The predicted molar refractivity (Wildman–Crippen MR) is 86.0 cm³/mol. The van der Waals surface area contributed by atoms with Gasteiger partial charge in [0.15, 0.2) is 9.84 Å². The second-order valence-electron chi connectivity index (χ2n) is 5.02. The van der Waals surface area contributed by atoms with Crippen molar-refractivity contribution in [3.8, 4) is 5.69 Å². The molecule has 0 aliphatic rings. The number of tetrazole rings is 1. The van der Waals surface area contributed by atoms with E-state index in [0.29, 0.717) is 17.4 Å². The molecule has 0 saturated heterocycles. The monoisotopic (exact) mass is 329 g/mol. The highest BCUT2D eigenvalue weighted by molar-refractivity contribution is 7.90. The minimum atomic E-state index is -3.18. The number of anilines is 1. The first-order valence-electron chi connectivity index (χ1n) is 6.91. The molecule has 7 nitrogen and oxygen atoms in total. The van der Waals surface area contributed by atoms with Gasteiger partial charge in [0.25, 0.3) is 0 Å². The fraction of sp³-hybridized carbons (Fsp3) is 0.133. The zero-order valence-electron chi connectivity index (χ0n) is 12.4. The highest BCUT2D eigenvalue weighted by Crippen LogP contribution is 2.13. The molecule has 1 heterocycles. The van der Waals surface area contributed by atoms with E-state index in [4.69, 9.17) is 0 Å². The summed E-state index contributed by atoms with van der Waals surface area (Å²) in [5, 5.41) is 14.7. The Hall–Kier alpha value is -2.74. The van der Waals surface area contributed by atoms with Gasteiger partial charge in [-0.3, -0.25) is 0 Å². The summed E-state index contributed by atoms with van der Waals surface area (Å²) in [5.41, 5.74) is 1.78. The predicted octanol–water partition coefficient (Wildman–Crippen LogP) is 1.68. The second kappa shape index (κ2) is 6.17. The molecular weight excluding hydrogens is 314 g/mol. The molecule has 0 aliphatic heterocycles. The molecule has 118 valence electrons. The van der Waals surface area contributed by atoms with Crippen LogP contribution in [0.25, 0.3) is 5.69 Å². The van der Waals surface area contributed by atoms with Crippen LogP contribution in [0.3, 0.4) is 0 Å². The molecule has 0 atom stereocenters. The van der Waals surface area contributed by atoms with Crippen molar-refractivity contribution in [2.75, 3.05) is 11.6 Å². The van der Waals surface area contributed by atoms with Crippen LogP contribution in [0.2, 0.25) is 0 Å². The Morgan fingerprint density at radius 2 is 1.74 bits per heavy atom.